The molecule has 2 N–H and O–H groups in total. The molecule has 1 saturated heterocycles. The van der Waals surface area contributed by atoms with Crippen molar-refractivity contribution >= 4 is 11.0 Å². The van der Waals surface area contributed by atoms with E-state index in [-0.39, 0.29) is 11.8 Å². The summed E-state index contributed by atoms with van der Waals surface area (Å²) >= 11 is 0. The normalized spacial score (nSPS) is 18.9. The van der Waals surface area contributed by atoms with Crippen molar-refractivity contribution in [1.82, 2.24) is 0 Å². The van der Waals surface area contributed by atoms with Gasteiger partial charge in [-0.15, -0.1) is 0 Å². The number of phenolic OH excluding ortho intramolecular Hbond substituents is 1. The van der Waals surface area contributed by atoms with E-state index in [1.165, 1.54) is 4.90 Å². The van der Waals surface area contributed by atoms with Crippen LogP contribution in [0.5, 0.6) is 17.2 Å². The molecule has 4 rings (SSSR count). The molecule has 0 aliphatic carbocycles. The molecule has 3 aromatic rings. The van der Waals surface area contributed by atoms with Crippen molar-refractivity contribution < 1.29 is 23.9 Å². The summed E-state index contributed by atoms with van der Waals surface area (Å²) in [4.78, 5) is 13.6. The molecule has 1 aliphatic rings. The first-order valence-electron chi connectivity index (χ1n) is 9.83. The highest BCUT2D eigenvalue weighted by Crippen LogP contribution is 2.32. The standard InChI is InChI=1S/C23H25NO5/c1-14-20(25)9-8-17-15(11-22(26)29-23(14)17)13-24-10-4-5-19(24)18-7-6-16(27-2)12-21(18)28-3/h6-9,11-12,19,25H,4-5,10,13H2,1-3H3/p+1/t19-/m0/s1. The molecular weight excluding hydrogens is 370 g/mol. The zero-order valence-corrected chi connectivity index (χ0v) is 17.0. The first-order chi connectivity index (χ1) is 14.0. The second-order valence-electron chi connectivity index (χ2n) is 7.56. The van der Waals surface area contributed by atoms with Gasteiger partial charge >= 0.3 is 5.63 Å². The minimum Gasteiger partial charge on any atom is -0.508 e. The Labute approximate surface area is 169 Å². The van der Waals surface area contributed by atoms with Gasteiger partial charge in [-0.2, -0.15) is 0 Å². The Morgan fingerprint density at radius 2 is 2.00 bits per heavy atom. The van der Waals surface area contributed by atoms with Gasteiger partial charge in [-0.05, 0) is 31.2 Å². The largest absolute Gasteiger partial charge is 0.508 e. The van der Waals surface area contributed by atoms with E-state index in [0.717, 1.165) is 47.4 Å². The quantitative estimate of drug-likeness (QED) is 0.649. The Morgan fingerprint density at radius 3 is 2.76 bits per heavy atom. The lowest BCUT2D eigenvalue weighted by Gasteiger charge is -2.24. The number of likely N-dealkylation sites (tertiary alicyclic amines) is 1. The lowest BCUT2D eigenvalue weighted by Crippen LogP contribution is -3.08. The molecule has 6 heteroatoms. The Morgan fingerprint density at radius 1 is 1.17 bits per heavy atom. The SMILES string of the molecule is COc1ccc([C@@H]2CCC[NH+]2Cc2cc(=O)oc3c(C)c(O)ccc23)c(OC)c1. The van der Waals surface area contributed by atoms with E-state index in [1.54, 1.807) is 33.3 Å². The zero-order valence-electron chi connectivity index (χ0n) is 17.0. The van der Waals surface area contributed by atoms with Gasteiger partial charge in [0.15, 0.2) is 0 Å². The Balaban J connectivity index is 1.72. The van der Waals surface area contributed by atoms with Crippen molar-refractivity contribution in [2.24, 2.45) is 0 Å². The summed E-state index contributed by atoms with van der Waals surface area (Å²) in [5.41, 5.74) is 2.75. The third-order valence-corrected chi connectivity index (χ3v) is 5.94. The van der Waals surface area contributed by atoms with Gasteiger partial charge < -0.3 is 23.9 Å². The van der Waals surface area contributed by atoms with Gasteiger partial charge in [-0.25, -0.2) is 4.79 Å². The van der Waals surface area contributed by atoms with Gasteiger partial charge in [0.1, 0.15) is 35.4 Å². The van der Waals surface area contributed by atoms with E-state index >= 15 is 0 Å². The van der Waals surface area contributed by atoms with Crippen LogP contribution in [0.15, 0.2) is 45.6 Å². The second kappa shape index (κ2) is 7.79. The summed E-state index contributed by atoms with van der Waals surface area (Å²) in [5.74, 6) is 1.73. The van der Waals surface area contributed by atoms with Crippen LogP contribution in [0.4, 0.5) is 0 Å². The molecular formula is C23H26NO5+. The van der Waals surface area contributed by atoms with Gasteiger partial charge in [0.25, 0.3) is 0 Å². The molecule has 2 atom stereocenters. The number of methoxy groups -OCH3 is 2. The van der Waals surface area contributed by atoms with Crippen LogP contribution in [-0.4, -0.2) is 25.9 Å². The highest BCUT2D eigenvalue weighted by molar-refractivity contribution is 5.84. The minimum absolute atomic E-state index is 0.132. The third-order valence-electron chi connectivity index (χ3n) is 5.94. The fourth-order valence-electron chi connectivity index (χ4n) is 4.41. The van der Waals surface area contributed by atoms with Crippen molar-refractivity contribution in [3.05, 3.63) is 63.5 Å². The van der Waals surface area contributed by atoms with Gasteiger partial charge in [0.05, 0.1) is 26.3 Å². The summed E-state index contributed by atoms with van der Waals surface area (Å²) in [5, 5.41) is 10.9. The van der Waals surface area contributed by atoms with Crippen LogP contribution in [0.25, 0.3) is 11.0 Å². The lowest BCUT2D eigenvalue weighted by molar-refractivity contribution is -0.931. The number of aryl methyl sites for hydroxylation is 1. The molecule has 1 fully saturated rings. The Hall–Kier alpha value is -2.99. The van der Waals surface area contributed by atoms with E-state index in [4.69, 9.17) is 13.9 Å². The van der Waals surface area contributed by atoms with Crippen LogP contribution in [0.3, 0.4) is 0 Å². The predicted molar refractivity (Wildman–Crippen MR) is 110 cm³/mol. The van der Waals surface area contributed by atoms with Crippen LogP contribution in [0.2, 0.25) is 0 Å². The molecule has 0 saturated carbocycles. The van der Waals surface area contributed by atoms with E-state index < -0.39 is 5.63 Å². The van der Waals surface area contributed by atoms with Gasteiger partial charge in [0.2, 0.25) is 0 Å². The maximum atomic E-state index is 12.2. The van der Waals surface area contributed by atoms with Crippen LogP contribution < -0.4 is 20.0 Å². The number of ether oxygens (including phenoxy) is 2. The maximum absolute atomic E-state index is 12.2. The number of quaternary nitrogens is 1. The van der Waals surface area contributed by atoms with Gasteiger partial charge in [-0.1, -0.05) is 0 Å². The van der Waals surface area contributed by atoms with Crippen LogP contribution >= 0.6 is 0 Å². The van der Waals surface area contributed by atoms with E-state index in [2.05, 4.69) is 6.07 Å². The van der Waals surface area contributed by atoms with Crippen LogP contribution in [-0.2, 0) is 6.54 Å². The number of phenols is 1. The number of aromatic hydroxyl groups is 1. The predicted octanol–water partition coefficient (Wildman–Crippen LogP) is 2.74. The zero-order chi connectivity index (χ0) is 20.5. The minimum atomic E-state index is -0.390. The fourth-order valence-corrected chi connectivity index (χ4v) is 4.41. The average molecular weight is 396 g/mol. The summed E-state index contributed by atoms with van der Waals surface area (Å²) in [6, 6.07) is 11.3. The number of fused-ring (bicyclic) bond motifs is 1. The van der Waals surface area contributed by atoms with Crippen molar-refractivity contribution in [2.75, 3.05) is 20.8 Å². The molecule has 152 valence electrons. The highest BCUT2D eigenvalue weighted by Gasteiger charge is 2.33. The van der Waals surface area contributed by atoms with Crippen molar-refractivity contribution in [3.63, 3.8) is 0 Å². The van der Waals surface area contributed by atoms with E-state index in [0.29, 0.717) is 17.7 Å². The fraction of sp³-hybridized carbons (Fsp3) is 0.348. The summed E-state index contributed by atoms with van der Waals surface area (Å²) in [6.45, 7) is 3.48. The average Bonchev–Trinajstić information content (AvgIpc) is 3.18. The first kappa shape index (κ1) is 19.3. The van der Waals surface area contributed by atoms with Crippen molar-refractivity contribution in [2.45, 2.75) is 32.4 Å². The number of hydrogen-bond donors (Lipinski definition) is 2. The number of benzene rings is 2. The van der Waals surface area contributed by atoms with E-state index in [1.807, 2.05) is 18.2 Å². The maximum Gasteiger partial charge on any atom is 0.336 e. The Kier molecular flexibility index (Phi) is 5.20. The number of rotatable bonds is 5. The molecule has 1 unspecified atom stereocenters. The molecule has 1 aliphatic heterocycles. The number of nitrogens with one attached hydrogen (secondary N) is 1. The second-order valence-corrected chi connectivity index (χ2v) is 7.56. The highest BCUT2D eigenvalue weighted by atomic mass is 16.5. The van der Waals surface area contributed by atoms with Crippen molar-refractivity contribution in [3.8, 4) is 17.2 Å². The van der Waals surface area contributed by atoms with Gasteiger partial charge in [0, 0.05) is 41.5 Å². The Bertz CT molecular complexity index is 1100. The smallest absolute Gasteiger partial charge is 0.336 e. The number of hydrogen-bond acceptors (Lipinski definition) is 5. The third kappa shape index (κ3) is 3.56. The molecule has 29 heavy (non-hydrogen) atoms. The molecule has 6 nitrogen and oxygen atoms in total. The molecule has 0 radical (unpaired) electrons. The topological polar surface area (TPSA) is 73.3 Å². The van der Waals surface area contributed by atoms with Gasteiger partial charge in [-0.3, -0.25) is 0 Å². The molecule has 2 aromatic carbocycles. The monoisotopic (exact) mass is 396 g/mol. The first-order valence-corrected chi connectivity index (χ1v) is 9.83. The molecule has 0 amide bonds. The molecule has 0 bridgehead atoms. The summed E-state index contributed by atoms with van der Waals surface area (Å²) in [6.07, 6.45) is 2.16. The molecule has 2 heterocycles. The van der Waals surface area contributed by atoms with Crippen molar-refractivity contribution in [1.29, 1.82) is 0 Å². The summed E-state index contributed by atoms with van der Waals surface area (Å²) < 4.78 is 16.4. The molecule has 1 aromatic heterocycles. The summed E-state index contributed by atoms with van der Waals surface area (Å²) in [7, 11) is 3.32. The van der Waals surface area contributed by atoms with Crippen LogP contribution in [0, 0.1) is 6.92 Å². The van der Waals surface area contributed by atoms with E-state index in [9.17, 15) is 9.90 Å². The molecule has 0 spiro atoms. The lowest BCUT2D eigenvalue weighted by atomic mass is 10.0. The van der Waals surface area contributed by atoms with Crippen LogP contribution in [0.1, 0.15) is 35.6 Å².